The number of amides is 1. The number of rotatable bonds is 5. The van der Waals surface area contributed by atoms with Gasteiger partial charge in [-0.15, -0.1) is 11.3 Å². The third kappa shape index (κ3) is 4.03. The molecule has 0 unspecified atom stereocenters. The average molecular weight is 289 g/mol. The molecule has 0 aliphatic rings. The SMILES string of the molecule is C/C(=C\c1cccs1)C(=O)NCCc1ccccc1F. The number of thiophene rings is 1. The summed E-state index contributed by atoms with van der Waals surface area (Å²) in [7, 11) is 0. The van der Waals surface area contributed by atoms with Gasteiger partial charge in [0.2, 0.25) is 5.91 Å². The van der Waals surface area contributed by atoms with Crippen LogP contribution in [0.3, 0.4) is 0 Å². The van der Waals surface area contributed by atoms with Crippen LogP contribution in [-0.4, -0.2) is 12.5 Å². The third-order valence-electron chi connectivity index (χ3n) is 2.90. The van der Waals surface area contributed by atoms with Gasteiger partial charge in [-0.3, -0.25) is 4.79 Å². The van der Waals surface area contributed by atoms with Crippen LogP contribution in [0.25, 0.3) is 6.08 Å². The maximum atomic E-state index is 13.4. The first kappa shape index (κ1) is 14.5. The van der Waals surface area contributed by atoms with Gasteiger partial charge in [0, 0.05) is 17.0 Å². The van der Waals surface area contributed by atoms with E-state index < -0.39 is 0 Å². The van der Waals surface area contributed by atoms with Crippen molar-refractivity contribution in [1.29, 1.82) is 0 Å². The minimum Gasteiger partial charge on any atom is -0.352 e. The van der Waals surface area contributed by atoms with Crippen molar-refractivity contribution >= 4 is 23.3 Å². The Bertz CT molecular complexity index is 605. The number of carbonyl (C=O) groups is 1. The standard InChI is InChI=1S/C16H16FNOS/c1-12(11-14-6-4-10-20-14)16(19)18-9-8-13-5-2-3-7-15(13)17/h2-7,10-11H,8-9H2,1H3,(H,18,19)/b12-11+. The fourth-order valence-corrected chi connectivity index (χ4v) is 2.52. The number of hydrogen-bond donors (Lipinski definition) is 1. The van der Waals surface area contributed by atoms with E-state index in [1.165, 1.54) is 6.07 Å². The molecule has 0 aliphatic heterocycles. The minimum atomic E-state index is -0.229. The van der Waals surface area contributed by atoms with Gasteiger partial charge in [-0.2, -0.15) is 0 Å². The molecule has 4 heteroatoms. The Morgan fingerprint density at radius 2 is 2.10 bits per heavy atom. The Balaban J connectivity index is 1.85. The molecule has 104 valence electrons. The molecule has 20 heavy (non-hydrogen) atoms. The Hall–Kier alpha value is -1.94. The van der Waals surface area contributed by atoms with Crippen molar-refractivity contribution in [2.24, 2.45) is 0 Å². The zero-order valence-electron chi connectivity index (χ0n) is 11.2. The Morgan fingerprint density at radius 1 is 1.30 bits per heavy atom. The summed E-state index contributed by atoms with van der Waals surface area (Å²) in [5.74, 6) is -0.345. The van der Waals surface area contributed by atoms with Crippen LogP contribution in [0.4, 0.5) is 4.39 Å². The van der Waals surface area contributed by atoms with Crippen LogP contribution >= 0.6 is 11.3 Å². The van der Waals surface area contributed by atoms with Crippen molar-refractivity contribution in [2.75, 3.05) is 6.54 Å². The quantitative estimate of drug-likeness (QED) is 0.836. The largest absolute Gasteiger partial charge is 0.352 e. The highest BCUT2D eigenvalue weighted by molar-refractivity contribution is 7.10. The van der Waals surface area contributed by atoms with E-state index in [4.69, 9.17) is 0 Å². The molecule has 0 aliphatic carbocycles. The second-order valence-corrected chi connectivity index (χ2v) is 5.42. The van der Waals surface area contributed by atoms with Crippen LogP contribution in [0.1, 0.15) is 17.4 Å². The zero-order chi connectivity index (χ0) is 14.4. The van der Waals surface area contributed by atoms with Crippen LogP contribution in [0.2, 0.25) is 0 Å². The molecular weight excluding hydrogens is 273 g/mol. The number of nitrogens with one attached hydrogen (secondary N) is 1. The van der Waals surface area contributed by atoms with E-state index in [0.29, 0.717) is 24.1 Å². The molecule has 0 atom stereocenters. The molecule has 1 N–H and O–H groups in total. The molecule has 0 saturated carbocycles. The summed E-state index contributed by atoms with van der Waals surface area (Å²) in [6.07, 6.45) is 2.34. The van der Waals surface area contributed by atoms with Gasteiger partial charge in [-0.1, -0.05) is 24.3 Å². The summed E-state index contributed by atoms with van der Waals surface area (Å²) in [5.41, 5.74) is 1.27. The highest BCUT2D eigenvalue weighted by Gasteiger charge is 2.05. The maximum Gasteiger partial charge on any atom is 0.246 e. The lowest BCUT2D eigenvalue weighted by molar-refractivity contribution is -0.117. The first-order valence-electron chi connectivity index (χ1n) is 6.40. The van der Waals surface area contributed by atoms with Crippen molar-refractivity contribution in [3.63, 3.8) is 0 Å². The summed E-state index contributed by atoms with van der Waals surface area (Å²) < 4.78 is 13.4. The van der Waals surface area contributed by atoms with Crippen LogP contribution in [0, 0.1) is 5.82 Å². The molecule has 0 bridgehead atoms. The van der Waals surface area contributed by atoms with Gasteiger partial charge in [-0.05, 0) is 42.5 Å². The van der Waals surface area contributed by atoms with Crippen LogP contribution in [0.5, 0.6) is 0 Å². The lowest BCUT2D eigenvalue weighted by atomic mass is 10.1. The number of hydrogen-bond acceptors (Lipinski definition) is 2. The Labute approximate surface area is 122 Å². The topological polar surface area (TPSA) is 29.1 Å². The van der Waals surface area contributed by atoms with E-state index in [9.17, 15) is 9.18 Å². The van der Waals surface area contributed by atoms with Gasteiger partial charge < -0.3 is 5.32 Å². The summed E-state index contributed by atoms with van der Waals surface area (Å²) in [5, 5.41) is 4.77. The first-order valence-corrected chi connectivity index (χ1v) is 7.28. The van der Waals surface area contributed by atoms with Gasteiger partial charge in [0.1, 0.15) is 5.82 Å². The predicted octanol–water partition coefficient (Wildman–Crippen LogP) is 3.65. The van der Waals surface area contributed by atoms with Crippen LogP contribution < -0.4 is 5.32 Å². The highest BCUT2D eigenvalue weighted by Crippen LogP contribution is 2.13. The number of carbonyl (C=O) groups excluding carboxylic acids is 1. The molecule has 1 aromatic heterocycles. The summed E-state index contributed by atoms with van der Waals surface area (Å²) in [6, 6.07) is 10.5. The molecule has 2 aromatic rings. The predicted molar refractivity (Wildman–Crippen MR) is 81.1 cm³/mol. The van der Waals surface area contributed by atoms with Crippen molar-refractivity contribution in [2.45, 2.75) is 13.3 Å². The molecule has 1 heterocycles. The molecular formula is C16H16FNOS. The van der Waals surface area contributed by atoms with Crippen molar-refractivity contribution in [3.8, 4) is 0 Å². The Kier molecular flexibility index (Phi) is 5.07. The summed E-state index contributed by atoms with van der Waals surface area (Å²) >= 11 is 1.59. The van der Waals surface area contributed by atoms with E-state index in [0.717, 1.165) is 4.88 Å². The fraction of sp³-hybridized carbons (Fsp3) is 0.188. The molecule has 0 saturated heterocycles. The molecule has 2 rings (SSSR count). The van der Waals surface area contributed by atoms with Crippen molar-refractivity contribution in [3.05, 3.63) is 63.6 Å². The summed E-state index contributed by atoms with van der Waals surface area (Å²) in [6.45, 7) is 2.20. The van der Waals surface area contributed by atoms with Crippen molar-refractivity contribution < 1.29 is 9.18 Å². The normalized spacial score (nSPS) is 11.4. The molecule has 2 nitrogen and oxygen atoms in total. The van der Waals surface area contributed by atoms with Gasteiger partial charge >= 0.3 is 0 Å². The average Bonchev–Trinajstić information content (AvgIpc) is 2.93. The second-order valence-electron chi connectivity index (χ2n) is 4.44. The maximum absolute atomic E-state index is 13.4. The fourth-order valence-electron chi connectivity index (χ4n) is 1.80. The van der Waals surface area contributed by atoms with Crippen molar-refractivity contribution in [1.82, 2.24) is 5.32 Å². The van der Waals surface area contributed by atoms with Gasteiger partial charge in [0.05, 0.1) is 0 Å². The smallest absolute Gasteiger partial charge is 0.246 e. The number of benzene rings is 1. The molecule has 0 radical (unpaired) electrons. The van der Waals surface area contributed by atoms with E-state index in [1.807, 2.05) is 23.6 Å². The van der Waals surface area contributed by atoms with Gasteiger partial charge in [-0.25, -0.2) is 4.39 Å². The molecule has 0 fully saturated rings. The molecule has 1 amide bonds. The van der Waals surface area contributed by atoms with E-state index in [2.05, 4.69) is 5.32 Å². The van der Waals surface area contributed by atoms with E-state index in [-0.39, 0.29) is 11.7 Å². The second kappa shape index (κ2) is 7.01. The lowest BCUT2D eigenvalue weighted by Gasteiger charge is -2.06. The molecule has 1 aromatic carbocycles. The van der Waals surface area contributed by atoms with Crippen LogP contribution in [0.15, 0.2) is 47.4 Å². The zero-order valence-corrected chi connectivity index (χ0v) is 12.0. The highest BCUT2D eigenvalue weighted by atomic mass is 32.1. The van der Waals surface area contributed by atoms with Gasteiger partial charge in [0.25, 0.3) is 0 Å². The molecule has 0 spiro atoms. The lowest BCUT2D eigenvalue weighted by Crippen LogP contribution is -2.26. The third-order valence-corrected chi connectivity index (χ3v) is 3.72. The van der Waals surface area contributed by atoms with E-state index in [1.54, 1.807) is 36.5 Å². The monoisotopic (exact) mass is 289 g/mol. The van der Waals surface area contributed by atoms with E-state index >= 15 is 0 Å². The van der Waals surface area contributed by atoms with Crippen LogP contribution in [-0.2, 0) is 11.2 Å². The Morgan fingerprint density at radius 3 is 2.80 bits per heavy atom. The van der Waals surface area contributed by atoms with Gasteiger partial charge in [0.15, 0.2) is 0 Å². The first-order chi connectivity index (χ1) is 9.66. The minimum absolute atomic E-state index is 0.116. The summed E-state index contributed by atoms with van der Waals surface area (Å²) in [4.78, 5) is 12.9. The number of halogens is 1.